The Morgan fingerprint density at radius 1 is 1.20 bits per heavy atom. The summed E-state index contributed by atoms with van der Waals surface area (Å²) >= 11 is 0. The summed E-state index contributed by atoms with van der Waals surface area (Å²) in [7, 11) is 3.98. The lowest BCUT2D eigenvalue weighted by molar-refractivity contribution is 0.0927. The first-order valence-electron chi connectivity index (χ1n) is 6.79. The third-order valence-electron chi connectivity index (χ3n) is 3.12. The number of nitrogens with zero attached hydrogens (tertiary/aromatic N) is 2. The van der Waals surface area contributed by atoms with Crippen LogP contribution < -0.4 is 0 Å². The second-order valence-electron chi connectivity index (χ2n) is 5.07. The molecule has 0 aliphatic carbocycles. The maximum atomic E-state index is 13.5. The molecule has 5 heteroatoms. The minimum atomic E-state index is -0.666. The van der Waals surface area contributed by atoms with Crippen molar-refractivity contribution >= 4 is 5.78 Å². The molecular weight excluding hydrogens is 262 g/mol. The summed E-state index contributed by atoms with van der Waals surface area (Å²) < 4.78 is 26.6. The van der Waals surface area contributed by atoms with Crippen molar-refractivity contribution in [2.45, 2.75) is 13.3 Å². The van der Waals surface area contributed by atoms with Crippen LogP contribution in [-0.2, 0) is 0 Å². The van der Waals surface area contributed by atoms with Gasteiger partial charge >= 0.3 is 0 Å². The Labute approximate surface area is 119 Å². The molecule has 0 unspecified atom stereocenters. The molecule has 0 saturated heterocycles. The van der Waals surface area contributed by atoms with Crippen LogP contribution in [0.25, 0.3) is 0 Å². The number of hydrogen-bond donors (Lipinski definition) is 0. The zero-order chi connectivity index (χ0) is 15.1. The van der Waals surface area contributed by atoms with Crippen molar-refractivity contribution in [2.24, 2.45) is 0 Å². The molecule has 0 spiro atoms. The number of benzene rings is 1. The van der Waals surface area contributed by atoms with E-state index in [2.05, 4.69) is 4.90 Å². The van der Waals surface area contributed by atoms with E-state index in [1.165, 1.54) is 0 Å². The van der Waals surface area contributed by atoms with Crippen LogP contribution >= 0.6 is 0 Å². The molecule has 0 aromatic heterocycles. The van der Waals surface area contributed by atoms with Gasteiger partial charge in [0, 0.05) is 0 Å². The summed E-state index contributed by atoms with van der Waals surface area (Å²) in [5, 5.41) is 0. The van der Waals surface area contributed by atoms with E-state index in [0.29, 0.717) is 6.54 Å². The van der Waals surface area contributed by atoms with E-state index >= 15 is 0 Å². The van der Waals surface area contributed by atoms with Crippen LogP contribution in [-0.4, -0.2) is 55.9 Å². The third kappa shape index (κ3) is 5.35. The molecule has 112 valence electrons. The monoisotopic (exact) mass is 284 g/mol. The van der Waals surface area contributed by atoms with E-state index in [9.17, 15) is 13.6 Å². The number of ketones is 1. The molecule has 0 amide bonds. The molecule has 20 heavy (non-hydrogen) atoms. The summed E-state index contributed by atoms with van der Waals surface area (Å²) in [6, 6.07) is 2.97. The van der Waals surface area contributed by atoms with Gasteiger partial charge in [-0.15, -0.1) is 0 Å². The van der Waals surface area contributed by atoms with E-state index in [-0.39, 0.29) is 17.9 Å². The van der Waals surface area contributed by atoms with E-state index in [1.54, 1.807) is 0 Å². The molecule has 0 N–H and O–H groups in total. The molecule has 1 rings (SSSR count). The molecule has 0 heterocycles. The second-order valence-corrected chi connectivity index (χ2v) is 5.07. The standard InChI is InChI=1S/C15H22F2N2O/c1-4-19(9-5-8-18(2)3)11-15(20)13-10-12(16)6-7-14(13)17/h6-7,10H,4-5,8-9,11H2,1-3H3. The summed E-state index contributed by atoms with van der Waals surface area (Å²) in [6.07, 6.45) is 0.930. The van der Waals surface area contributed by atoms with Crippen molar-refractivity contribution in [1.82, 2.24) is 9.80 Å². The molecule has 0 bridgehead atoms. The molecule has 0 aliphatic heterocycles. The predicted octanol–water partition coefficient (Wildman–Crippen LogP) is 2.42. The lowest BCUT2D eigenvalue weighted by Crippen LogP contribution is -2.32. The van der Waals surface area contributed by atoms with Gasteiger partial charge < -0.3 is 4.90 Å². The molecule has 0 saturated carbocycles. The smallest absolute Gasteiger partial charge is 0.179 e. The van der Waals surface area contributed by atoms with Gasteiger partial charge in [0.15, 0.2) is 5.78 Å². The number of rotatable bonds is 8. The van der Waals surface area contributed by atoms with Crippen LogP contribution in [0.15, 0.2) is 18.2 Å². The predicted molar refractivity (Wildman–Crippen MR) is 76.0 cm³/mol. The highest BCUT2D eigenvalue weighted by Crippen LogP contribution is 2.11. The summed E-state index contributed by atoms with van der Waals surface area (Å²) in [5.74, 6) is -1.64. The minimum absolute atomic E-state index is 0.115. The Balaban J connectivity index is 2.60. The number of hydrogen-bond acceptors (Lipinski definition) is 3. The first kappa shape index (κ1) is 16.7. The highest BCUT2D eigenvalue weighted by molar-refractivity contribution is 5.97. The van der Waals surface area contributed by atoms with E-state index in [1.807, 2.05) is 25.9 Å². The maximum absolute atomic E-state index is 13.5. The van der Waals surface area contributed by atoms with Gasteiger partial charge in [0.1, 0.15) is 11.6 Å². The van der Waals surface area contributed by atoms with Gasteiger partial charge in [-0.1, -0.05) is 6.92 Å². The molecule has 1 aromatic carbocycles. The van der Waals surface area contributed by atoms with Gasteiger partial charge in [0.25, 0.3) is 0 Å². The van der Waals surface area contributed by atoms with Crippen molar-refractivity contribution in [3.63, 3.8) is 0 Å². The maximum Gasteiger partial charge on any atom is 0.179 e. The van der Waals surface area contributed by atoms with Gasteiger partial charge in [0.05, 0.1) is 12.1 Å². The third-order valence-corrected chi connectivity index (χ3v) is 3.12. The summed E-state index contributed by atoms with van der Waals surface area (Å²) in [4.78, 5) is 16.0. The largest absolute Gasteiger partial charge is 0.309 e. The van der Waals surface area contributed by atoms with Gasteiger partial charge in [-0.05, 0) is 58.3 Å². The lowest BCUT2D eigenvalue weighted by atomic mass is 10.1. The van der Waals surface area contributed by atoms with Crippen molar-refractivity contribution in [3.8, 4) is 0 Å². The SMILES string of the molecule is CCN(CCCN(C)C)CC(=O)c1cc(F)ccc1F. The molecular formula is C15H22F2N2O. The first-order chi connectivity index (χ1) is 9.43. The van der Waals surface area contributed by atoms with Crippen LogP contribution in [0.1, 0.15) is 23.7 Å². The van der Waals surface area contributed by atoms with Crippen LogP contribution in [0.3, 0.4) is 0 Å². The van der Waals surface area contributed by atoms with E-state index in [0.717, 1.165) is 37.7 Å². The Kier molecular flexibility index (Phi) is 6.75. The lowest BCUT2D eigenvalue weighted by Gasteiger charge is -2.20. The van der Waals surface area contributed by atoms with Gasteiger partial charge in [-0.25, -0.2) is 8.78 Å². The van der Waals surface area contributed by atoms with Gasteiger partial charge in [0.2, 0.25) is 0 Å². The van der Waals surface area contributed by atoms with Crippen molar-refractivity contribution in [2.75, 3.05) is 40.3 Å². The van der Waals surface area contributed by atoms with Crippen molar-refractivity contribution in [3.05, 3.63) is 35.4 Å². The Morgan fingerprint density at radius 2 is 1.90 bits per heavy atom. The fraction of sp³-hybridized carbons (Fsp3) is 0.533. The quantitative estimate of drug-likeness (QED) is 0.685. The fourth-order valence-electron chi connectivity index (χ4n) is 1.96. The first-order valence-corrected chi connectivity index (χ1v) is 6.79. The normalized spacial score (nSPS) is 11.3. The Morgan fingerprint density at radius 3 is 2.50 bits per heavy atom. The number of carbonyl (C=O) groups excluding carboxylic acids is 1. The topological polar surface area (TPSA) is 23.6 Å². The highest BCUT2D eigenvalue weighted by atomic mass is 19.1. The Hall–Kier alpha value is -1.33. The molecule has 0 aliphatic rings. The molecule has 0 fully saturated rings. The number of Topliss-reactive ketones (excluding diaryl/α,β-unsaturated/α-hetero) is 1. The molecule has 1 aromatic rings. The number of likely N-dealkylation sites (N-methyl/N-ethyl adjacent to an activating group) is 1. The van der Waals surface area contributed by atoms with Crippen LogP contribution in [0.4, 0.5) is 8.78 Å². The van der Waals surface area contributed by atoms with Gasteiger partial charge in [-0.3, -0.25) is 9.69 Å². The zero-order valence-electron chi connectivity index (χ0n) is 12.3. The Bertz CT molecular complexity index is 449. The van der Waals surface area contributed by atoms with E-state index in [4.69, 9.17) is 0 Å². The van der Waals surface area contributed by atoms with Crippen molar-refractivity contribution in [1.29, 1.82) is 0 Å². The number of halogens is 2. The van der Waals surface area contributed by atoms with Crippen molar-refractivity contribution < 1.29 is 13.6 Å². The minimum Gasteiger partial charge on any atom is -0.309 e. The summed E-state index contributed by atoms with van der Waals surface area (Å²) in [5.41, 5.74) is -0.170. The zero-order valence-corrected chi connectivity index (χ0v) is 12.3. The van der Waals surface area contributed by atoms with Crippen LogP contribution in [0.5, 0.6) is 0 Å². The average Bonchev–Trinajstić information content (AvgIpc) is 2.39. The average molecular weight is 284 g/mol. The molecule has 0 atom stereocenters. The van der Waals surface area contributed by atoms with Crippen LogP contribution in [0, 0.1) is 11.6 Å². The van der Waals surface area contributed by atoms with Gasteiger partial charge in [-0.2, -0.15) is 0 Å². The highest BCUT2D eigenvalue weighted by Gasteiger charge is 2.15. The molecule has 0 radical (unpaired) electrons. The van der Waals surface area contributed by atoms with Crippen LogP contribution in [0.2, 0.25) is 0 Å². The van der Waals surface area contributed by atoms with E-state index < -0.39 is 11.6 Å². The number of carbonyl (C=O) groups is 1. The fourth-order valence-corrected chi connectivity index (χ4v) is 1.96. The molecule has 3 nitrogen and oxygen atoms in total. The summed E-state index contributed by atoms with van der Waals surface area (Å²) in [6.45, 7) is 4.46. The second kappa shape index (κ2) is 8.07.